The number of nitrogens with zero attached hydrogens (tertiary/aromatic N) is 1. The Morgan fingerprint density at radius 2 is 2.00 bits per heavy atom. The Bertz CT molecular complexity index is 737. The maximum absolute atomic E-state index is 10.9. The molecule has 0 spiro atoms. The lowest BCUT2D eigenvalue weighted by Crippen LogP contribution is -2.04. The summed E-state index contributed by atoms with van der Waals surface area (Å²) in [6, 6.07) is 10.3. The van der Waals surface area contributed by atoms with E-state index in [2.05, 4.69) is 21.2 Å². The Hall–Kier alpha value is -2.28. The van der Waals surface area contributed by atoms with Crippen molar-refractivity contribution in [3.63, 3.8) is 0 Å². The summed E-state index contributed by atoms with van der Waals surface area (Å²) >= 11 is 3.53. The van der Waals surface area contributed by atoms with Crippen molar-refractivity contribution < 1.29 is 14.4 Å². The van der Waals surface area contributed by atoms with Gasteiger partial charge in [-0.05, 0) is 53.0 Å². The quantitative estimate of drug-likeness (QED) is 0.458. The van der Waals surface area contributed by atoms with Gasteiger partial charge in [0.05, 0.1) is 22.6 Å². The molecule has 0 aliphatic rings. The second kappa shape index (κ2) is 9.27. The van der Waals surface area contributed by atoms with Crippen molar-refractivity contribution in [2.75, 3.05) is 18.5 Å². The Labute approximate surface area is 155 Å². The molecule has 2 aromatic rings. The molecule has 2 aromatic carbocycles. The first kappa shape index (κ1) is 19.1. The highest BCUT2D eigenvalue weighted by Gasteiger charge is 2.12. The van der Waals surface area contributed by atoms with E-state index in [-0.39, 0.29) is 5.69 Å². The first-order valence-corrected chi connectivity index (χ1v) is 8.90. The summed E-state index contributed by atoms with van der Waals surface area (Å²) in [6.45, 7) is 5.63. The molecule has 0 unspecified atom stereocenters. The fraction of sp³-hybridized carbons (Fsp3) is 0.333. The van der Waals surface area contributed by atoms with Crippen LogP contribution in [0.25, 0.3) is 0 Å². The number of nitro groups is 1. The first-order valence-electron chi connectivity index (χ1n) is 8.11. The maximum Gasteiger partial charge on any atom is 0.271 e. The lowest BCUT2D eigenvalue weighted by molar-refractivity contribution is -0.384. The molecule has 134 valence electrons. The molecular formula is C18H21BrN2O4. The van der Waals surface area contributed by atoms with Crippen LogP contribution in [0.1, 0.15) is 25.8 Å². The third-order valence-corrected chi connectivity index (χ3v) is 3.96. The third-order valence-electron chi connectivity index (χ3n) is 3.37. The summed E-state index contributed by atoms with van der Waals surface area (Å²) in [5, 5.41) is 14.0. The van der Waals surface area contributed by atoms with Crippen LogP contribution < -0.4 is 14.8 Å². The summed E-state index contributed by atoms with van der Waals surface area (Å²) in [6.07, 6.45) is 0.911. The summed E-state index contributed by atoms with van der Waals surface area (Å²) < 4.78 is 12.3. The van der Waals surface area contributed by atoms with E-state index in [4.69, 9.17) is 9.47 Å². The van der Waals surface area contributed by atoms with Gasteiger partial charge in [-0.25, -0.2) is 0 Å². The summed E-state index contributed by atoms with van der Waals surface area (Å²) in [5.41, 5.74) is 1.73. The molecule has 0 fully saturated rings. The van der Waals surface area contributed by atoms with Gasteiger partial charge in [-0.1, -0.05) is 13.0 Å². The predicted molar refractivity (Wildman–Crippen MR) is 102 cm³/mol. The Morgan fingerprint density at radius 3 is 2.68 bits per heavy atom. The number of anilines is 1. The number of hydrogen-bond acceptors (Lipinski definition) is 5. The van der Waals surface area contributed by atoms with E-state index in [0.717, 1.165) is 16.5 Å². The number of nitro benzene ring substituents is 1. The lowest BCUT2D eigenvalue weighted by Gasteiger charge is -2.15. The van der Waals surface area contributed by atoms with Crippen molar-refractivity contribution in [2.45, 2.75) is 26.8 Å². The Morgan fingerprint density at radius 1 is 1.20 bits per heavy atom. The van der Waals surface area contributed by atoms with Gasteiger partial charge in [0.25, 0.3) is 5.69 Å². The van der Waals surface area contributed by atoms with Crippen LogP contribution in [-0.2, 0) is 6.54 Å². The average Bonchev–Trinajstić information content (AvgIpc) is 2.60. The number of halogens is 1. The van der Waals surface area contributed by atoms with Gasteiger partial charge in [0.15, 0.2) is 11.5 Å². The number of nitrogens with one attached hydrogen (secondary N) is 1. The molecule has 6 nitrogen and oxygen atoms in total. The average molecular weight is 409 g/mol. The van der Waals surface area contributed by atoms with Crippen LogP contribution in [0, 0.1) is 10.1 Å². The fourth-order valence-electron chi connectivity index (χ4n) is 2.26. The third kappa shape index (κ3) is 5.35. The number of hydrogen-bond donors (Lipinski definition) is 1. The molecule has 0 saturated carbocycles. The molecule has 0 amide bonds. The Balaban J connectivity index is 2.16. The van der Waals surface area contributed by atoms with Crippen molar-refractivity contribution in [3.8, 4) is 11.5 Å². The number of benzene rings is 2. The molecule has 0 aliphatic carbocycles. The van der Waals surface area contributed by atoms with Gasteiger partial charge < -0.3 is 14.8 Å². The van der Waals surface area contributed by atoms with Gasteiger partial charge in [0.2, 0.25) is 0 Å². The molecule has 1 N–H and O–H groups in total. The van der Waals surface area contributed by atoms with Crippen molar-refractivity contribution >= 4 is 27.3 Å². The largest absolute Gasteiger partial charge is 0.490 e. The minimum absolute atomic E-state index is 0.0597. The van der Waals surface area contributed by atoms with Crippen LogP contribution >= 0.6 is 15.9 Å². The summed E-state index contributed by atoms with van der Waals surface area (Å²) in [7, 11) is 0. The molecule has 7 heteroatoms. The monoisotopic (exact) mass is 408 g/mol. The van der Waals surface area contributed by atoms with E-state index >= 15 is 0 Å². The summed E-state index contributed by atoms with van der Waals surface area (Å²) in [5.74, 6) is 1.38. The van der Waals surface area contributed by atoms with Gasteiger partial charge in [0.1, 0.15) is 0 Å². The highest BCUT2D eigenvalue weighted by molar-refractivity contribution is 9.10. The molecule has 0 atom stereocenters. The Kier molecular flexibility index (Phi) is 7.06. The SMILES string of the molecule is CCCOc1c(Br)cc(CNc2cccc([N+](=O)[O-])c2)cc1OCC. The van der Waals surface area contributed by atoms with E-state index in [1.807, 2.05) is 26.0 Å². The number of rotatable bonds is 9. The number of non-ortho nitro benzene ring substituents is 1. The van der Waals surface area contributed by atoms with Gasteiger partial charge >= 0.3 is 0 Å². The lowest BCUT2D eigenvalue weighted by atomic mass is 10.2. The minimum atomic E-state index is -0.408. The molecule has 0 heterocycles. The summed E-state index contributed by atoms with van der Waals surface area (Å²) in [4.78, 5) is 10.4. The van der Waals surface area contributed by atoms with Gasteiger partial charge in [-0.2, -0.15) is 0 Å². The van der Waals surface area contributed by atoms with E-state index in [1.165, 1.54) is 12.1 Å². The van der Waals surface area contributed by atoms with Crippen LogP contribution in [0.3, 0.4) is 0 Å². The molecule has 0 bridgehead atoms. The molecule has 0 aliphatic heterocycles. The second-order valence-corrected chi connectivity index (χ2v) is 6.20. The van der Waals surface area contributed by atoms with Gasteiger partial charge in [0, 0.05) is 24.4 Å². The topological polar surface area (TPSA) is 73.6 Å². The van der Waals surface area contributed by atoms with Crippen LogP contribution in [0.4, 0.5) is 11.4 Å². The van der Waals surface area contributed by atoms with Gasteiger partial charge in [-0.15, -0.1) is 0 Å². The van der Waals surface area contributed by atoms with Crippen molar-refractivity contribution in [2.24, 2.45) is 0 Å². The molecule has 0 saturated heterocycles. The molecule has 2 rings (SSSR count). The van der Waals surface area contributed by atoms with E-state index < -0.39 is 4.92 Å². The molecule has 0 radical (unpaired) electrons. The van der Waals surface area contributed by atoms with Crippen molar-refractivity contribution in [3.05, 3.63) is 56.5 Å². The highest BCUT2D eigenvalue weighted by atomic mass is 79.9. The van der Waals surface area contributed by atoms with Gasteiger partial charge in [-0.3, -0.25) is 10.1 Å². The molecular weight excluding hydrogens is 388 g/mol. The van der Waals surface area contributed by atoms with E-state index in [1.54, 1.807) is 12.1 Å². The minimum Gasteiger partial charge on any atom is -0.490 e. The maximum atomic E-state index is 10.9. The van der Waals surface area contributed by atoms with E-state index in [0.29, 0.717) is 36.9 Å². The molecule has 0 aromatic heterocycles. The zero-order chi connectivity index (χ0) is 18.2. The smallest absolute Gasteiger partial charge is 0.271 e. The first-order chi connectivity index (χ1) is 12.0. The van der Waals surface area contributed by atoms with Crippen LogP contribution in [-0.4, -0.2) is 18.1 Å². The zero-order valence-corrected chi connectivity index (χ0v) is 15.8. The van der Waals surface area contributed by atoms with Crippen LogP contribution in [0.2, 0.25) is 0 Å². The molecule has 25 heavy (non-hydrogen) atoms. The van der Waals surface area contributed by atoms with Crippen molar-refractivity contribution in [1.29, 1.82) is 0 Å². The fourth-order valence-corrected chi connectivity index (χ4v) is 2.87. The predicted octanol–water partition coefficient (Wildman–Crippen LogP) is 5.16. The number of ether oxygens (including phenoxy) is 2. The second-order valence-electron chi connectivity index (χ2n) is 5.35. The van der Waals surface area contributed by atoms with Crippen LogP contribution in [0.5, 0.6) is 11.5 Å². The van der Waals surface area contributed by atoms with Crippen LogP contribution in [0.15, 0.2) is 40.9 Å². The van der Waals surface area contributed by atoms with Crippen molar-refractivity contribution in [1.82, 2.24) is 0 Å². The highest BCUT2D eigenvalue weighted by Crippen LogP contribution is 2.37. The van der Waals surface area contributed by atoms with E-state index in [9.17, 15) is 10.1 Å². The normalized spacial score (nSPS) is 10.4. The zero-order valence-electron chi connectivity index (χ0n) is 14.3. The standard InChI is InChI=1S/C18H21BrN2O4/c1-3-8-25-18-16(19)9-13(10-17(18)24-4-2)12-20-14-6-5-7-15(11-14)21(22)23/h5-7,9-11,20H,3-4,8,12H2,1-2H3.